The molecule has 2 aliphatic heterocycles. The Morgan fingerprint density at radius 1 is 1.18 bits per heavy atom. The van der Waals surface area contributed by atoms with Crippen LogP contribution in [-0.2, 0) is 33.4 Å². The molecule has 11 heteroatoms. The van der Waals surface area contributed by atoms with Crippen LogP contribution >= 0.6 is 0 Å². The van der Waals surface area contributed by atoms with Crippen molar-refractivity contribution in [3.05, 3.63) is 53.9 Å². The number of aryl methyl sites for hydroxylation is 1. The molecular formula is C23H25N5O5S. The number of para-hydroxylation sites is 1. The van der Waals surface area contributed by atoms with E-state index in [4.69, 9.17) is 4.74 Å². The summed E-state index contributed by atoms with van der Waals surface area (Å²) in [5.74, 6) is 0.733. The van der Waals surface area contributed by atoms with Gasteiger partial charge < -0.3 is 14.6 Å². The molecule has 0 saturated carbocycles. The number of imide groups is 1. The highest BCUT2D eigenvalue weighted by Crippen LogP contribution is 2.41. The summed E-state index contributed by atoms with van der Waals surface area (Å²) >= 11 is 0. The first-order chi connectivity index (χ1) is 16.2. The molecule has 10 nitrogen and oxygen atoms in total. The Morgan fingerprint density at radius 3 is 2.68 bits per heavy atom. The molecule has 3 heterocycles. The molecule has 1 spiro atoms. The number of sulfonamides is 1. The molecule has 1 aromatic heterocycles. The number of nitrogens with one attached hydrogen (secondary N) is 1. The molecule has 0 unspecified atom stereocenters. The minimum Gasteiger partial charge on any atom is -0.493 e. The van der Waals surface area contributed by atoms with Gasteiger partial charge in [0.25, 0.3) is 5.91 Å². The molecule has 1 saturated heterocycles. The van der Waals surface area contributed by atoms with Crippen molar-refractivity contribution in [2.24, 2.45) is 0 Å². The predicted molar refractivity (Wildman–Crippen MR) is 124 cm³/mol. The third kappa shape index (κ3) is 3.18. The van der Waals surface area contributed by atoms with Gasteiger partial charge in [-0.3, -0.25) is 9.69 Å². The lowest BCUT2D eigenvalue weighted by Crippen LogP contribution is -2.47. The third-order valence-corrected chi connectivity index (χ3v) is 8.26. The Labute approximate surface area is 197 Å². The number of aromatic nitrogens is 2. The van der Waals surface area contributed by atoms with Gasteiger partial charge in [-0.1, -0.05) is 18.2 Å². The van der Waals surface area contributed by atoms with Crippen molar-refractivity contribution in [1.29, 1.82) is 0 Å². The Hall–Kier alpha value is -3.44. The van der Waals surface area contributed by atoms with Gasteiger partial charge in [-0.05, 0) is 31.2 Å². The molecule has 1 atom stereocenters. The summed E-state index contributed by atoms with van der Waals surface area (Å²) in [6.07, 6.45) is 0.334. The number of nitrogens with zero attached hydrogens (tertiary/aromatic N) is 4. The van der Waals surface area contributed by atoms with E-state index in [0.717, 1.165) is 9.82 Å². The van der Waals surface area contributed by atoms with Gasteiger partial charge in [0.05, 0.1) is 29.1 Å². The lowest BCUT2D eigenvalue weighted by Gasteiger charge is -2.33. The topological polar surface area (TPSA) is 114 Å². The SMILES string of the molecule is CCn1c(CN2C(=O)N[C@]3(CCOc4ccccc43)C2=O)nc2cc(S(=O)(=O)N(C)C)ccc21. The van der Waals surface area contributed by atoms with Crippen LogP contribution in [0.25, 0.3) is 11.0 Å². The summed E-state index contributed by atoms with van der Waals surface area (Å²) < 4.78 is 33.8. The predicted octanol–water partition coefficient (Wildman–Crippen LogP) is 2.04. The zero-order valence-corrected chi connectivity index (χ0v) is 19.9. The number of hydrogen-bond donors (Lipinski definition) is 1. The molecule has 0 radical (unpaired) electrons. The van der Waals surface area contributed by atoms with E-state index in [-0.39, 0.29) is 17.3 Å². The number of carbonyl (C=O) groups excluding carboxylic acids is 2. The first-order valence-electron chi connectivity index (χ1n) is 11.0. The van der Waals surface area contributed by atoms with Crippen molar-refractivity contribution in [3.8, 4) is 5.75 Å². The van der Waals surface area contributed by atoms with Gasteiger partial charge in [0.15, 0.2) is 5.54 Å². The normalized spacial score (nSPS) is 20.2. The summed E-state index contributed by atoms with van der Waals surface area (Å²) in [6, 6.07) is 11.5. The van der Waals surface area contributed by atoms with Gasteiger partial charge in [-0.25, -0.2) is 22.5 Å². The van der Waals surface area contributed by atoms with Crippen LogP contribution in [0, 0.1) is 0 Å². The van der Waals surface area contributed by atoms with E-state index in [1.54, 1.807) is 18.2 Å². The number of rotatable bonds is 5. The molecule has 1 N–H and O–H groups in total. The maximum atomic E-state index is 13.6. The summed E-state index contributed by atoms with van der Waals surface area (Å²) in [7, 11) is -0.683. The van der Waals surface area contributed by atoms with Crippen molar-refractivity contribution >= 4 is 33.0 Å². The highest BCUT2D eigenvalue weighted by Gasteiger charge is 2.55. The molecule has 5 rings (SSSR count). The van der Waals surface area contributed by atoms with Gasteiger partial charge >= 0.3 is 6.03 Å². The van der Waals surface area contributed by atoms with Crippen LogP contribution in [0.1, 0.15) is 24.7 Å². The fraction of sp³-hybridized carbons (Fsp3) is 0.348. The first kappa shape index (κ1) is 22.4. The van der Waals surface area contributed by atoms with Crippen LogP contribution in [-0.4, -0.2) is 59.8 Å². The summed E-state index contributed by atoms with van der Waals surface area (Å²) in [6.45, 7) is 2.75. The molecule has 0 bridgehead atoms. The van der Waals surface area contributed by atoms with E-state index in [1.807, 2.05) is 23.6 Å². The third-order valence-electron chi connectivity index (χ3n) is 6.45. The fourth-order valence-corrected chi connectivity index (χ4v) is 5.58. The maximum absolute atomic E-state index is 13.6. The number of benzene rings is 2. The summed E-state index contributed by atoms with van der Waals surface area (Å²) in [5, 5.41) is 2.89. The largest absolute Gasteiger partial charge is 0.493 e. The first-order valence-corrected chi connectivity index (χ1v) is 12.4. The number of carbonyl (C=O) groups is 2. The quantitative estimate of drug-likeness (QED) is 0.556. The lowest BCUT2D eigenvalue weighted by molar-refractivity contribution is -0.133. The zero-order chi connectivity index (χ0) is 24.3. The number of hydrogen-bond acceptors (Lipinski definition) is 6. The second kappa shape index (κ2) is 7.81. The Bertz CT molecular complexity index is 1430. The van der Waals surface area contributed by atoms with E-state index in [0.29, 0.717) is 42.2 Å². The van der Waals surface area contributed by atoms with Gasteiger partial charge in [0, 0.05) is 32.6 Å². The Balaban J connectivity index is 1.52. The minimum absolute atomic E-state index is 0.0340. The number of ether oxygens (including phenoxy) is 1. The Kier molecular flexibility index (Phi) is 5.14. The van der Waals surface area contributed by atoms with Crippen LogP contribution in [0.3, 0.4) is 0 Å². The molecule has 2 aliphatic rings. The number of urea groups is 1. The van der Waals surface area contributed by atoms with Crippen LogP contribution < -0.4 is 10.1 Å². The Morgan fingerprint density at radius 2 is 1.94 bits per heavy atom. The van der Waals surface area contributed by atoms with Crippen LogP contribution in [0.5, 0.6) is 5.75 Å². The van der Waals surface area contributed by atoms with Crippen LogP contribution in [0.15, 0.2) is 47.4 Å². The minimum atomic E-state index is -3.62. The number of amides is 3. The highest BCUT2D eigenvalue weighted by atomic mass is 32.2. The molecular weight excluding hydrogens is 458 g/mol. The van der Waals surface area contributed by atoms with Gasteiger partial charge in [-0.2, -0.15) is 0 Å². The molecule has 34 heavy (non-hydrogen) atoms. The van der Waals surface area contributed by atoms with Gasteiger partial charge in [0.1, 0.15) is 11.6 Å². The summed E-state index contributed by atoms with van der Waals surface area (Å²) in [4.78, 5) is 32.5. The maximum Gasteiger partial charge on any atom is 0.325 e. The smallest absolute Gasteiger partial charge is 0.325 e. The molecule has 2 aromatic carbocycles. The molecule has 3 amide bonds. The molecule has 3 aromatic rings. The second-order valence-electron chi connectivity index (χ2n) is 8.53. The van der Waals surface area contributed by atoms with E-state index in [1.165, 1.54) is 31.1 Å². The van der Waals surface area contributed by atoms with Crippen molar-refractivity contribution in [2.75, 3.05) is 20.7 Å². The fourth-order valence-electron chi connectivity index (χ4n) is 4.66. The number of imidazole rings is 1. The van der Waals surface area contributed by atoms with E-state index < -0.39 is 21.6 Å². The molecule has 1 fully saturated rings. The average Bonchev–Trinajstić information content (AvgIpc) is 3.28. The van der Waals surface area contributed by atoms with Crippen molar-refractivity contribution in [3.63, 3.8) is 0 Å². The molecule has 178 valence electrons. The van der Waals surface area contributed by atoms with Gasteiger partial charge in [-0.15, -0.1) is 0 Å². The van der Waals surface area contributed by atoms with E-state index >= 15 is 0 Å². The van der Waals surface area contributed by atoms with Crippen molar-refractivity contribution in [2.45, 2.75) is 36.9 Å². The number of fused-ring (bicyclic) bond motifs is 3. The van der Waals surface area contributed by atoms with Gasteiger partial charge in [0.2, 0.25) is 10.0 Å². The monoisotopic (exact) mass is 483 g/mol. The molecule has 0 aliphatic carbocycles. The van der Waals surface area contributed by atoms with Crippen molar-refractivity contribution in [1.82, 2.24) is 24.1 Å². The van der Waals surface area contributed by atoms with E-state index in [2.05, 4.69) is 10.3 Å². The highest BCUT2D eigenvalue weighted by molar-refractivity contribution is 7.89. The van der Waals surface area contributed by atoms with Crippen molar-refractivity contribution < 1.29 is 22.7 Å². The second-order valence-corrected chi connectivity index (χ2v) is 10.7. The lowest BCUT2D eigenvalue weighted by atomic mass is 9.84. The average molecular weight is 484 g/mol. The van der Waals surface area contributed by atoms with E-state index in [9.17, 15) is 18.0 Å². The zero-order valence-electron chi connectivity index (χ0n) is 19.1. The van der Waals surface area contributed by atoms with Crippen LogP contribution in [0.4, 0.5) is 4.79 Å². The van der Waals surface area contributed by atoms with Crippen LogP contribution in [0.2, 0.25) is 0 Å². The standard InChI is InChI=1S/C23H25N5O5S/c1-4-27-18-10-9-15(34(31,32)26(2)3)13-17(18)24-20(27)14-28-21(29)23(25-22(28)30)11-12-33-19-8-6-5-7-16(19)23/h5-10,13H,4,11-12,14H2,1-3H3,(H,25,30)/t23-/m0/s1. The summed E-state index contributed by atoms with van der Waals surface area (Å²) in [5.41, 5.74) is 0.693.